The van der Waals surface area contributed by atoms with Gasteiger partial charge in [0.1, 0.15) is 0 Å². The monoisotopic (exact) mass is 513 g/mol. The molecule has 0 atom stereocenters. The van der Waals surface area contributed by atoms with Crippen molar-refractivity contribution < 1.29 is 4.79 Å². The first-order valence-electron chi connectivity index (χ1n) is 9.34. The third kappa shape index (κ3) is 5.66. The molecule has 8 heteroatoms. The Balaban J connectivity index is 0.00000280. The Morgan fingerprint density at radius 3 is 2.79 bits per heavy atom. The summed E-state index contributed by atoms with van der Waals surface area (Å²) in [6, 6.07) is 8.16. The molecule has 6 nitrogen and oxygen atoms in total. The minimum Gasteiger partial charge on any atom is -0.356 e. The number of fused-ring (bicyclic) bond motifs is 1. The SMILES string of the molecule is CN=C(NCCCC(=O)N1CCc2ccccc21)NCc1sc(C)nc1C.I. The molecule has 0 spiro atoms. The van der Waals surface area contributed by atoms with Crippen LogP contribution in [0.1, 0.15) is 34.0 Å². The van der Waals surface area contributed by atoms with E-state index in [4.69, 9.17) is 0 Å². The molecule has 0 unspecified atom stereocenters. The van der Waals surface area contributed by atoms with Gasteiger partial charge >= 0.3 is 0 Å². The van der Waals surface area contributed by atoms with Gasteiger partial charge in [-0.2, -0.15) is 0 Å². The summed E-state index contributed by atoms with van der Waals surface area (Å²) in [7, 11) is 1.76. The van der Waals surface area contributed by atoms with Gasteiger partial charge in [0.15, 0.2) is 5.96 Å². The average molecular weight is 513 g/mol. The number of amides is 1. The van der Waals surface area contributed by atoms with Crippen LogP contribution in [0.5, 0.6) is 0 Å². The number of benzene rings is 1. The lowest BCUT2D eigenvalue weighted by Gasteiger charge is -2.17. The molecule has 0 saturated heterocycles. The van der Waals surface area contributed by atoms with Crippen LogP contribution in [0.2, 0.25) is 0 Å². The fourth-order valence-electron chi connectivity index (χ4n) is 3.30. The Morgan fingerprint density at radius 1 is 1.29 bits per heavy atom. The Bertz CT molecular complexity index is 836. The molecule has 2 heterocycles. The summed E-state index contributed by atoms with van der Waals surface area (Å²) >= 11 is 1.70. The van der Waals surface area contributed by atoms with E-state index in [-0.39, 0.29) is 29.9 Å². The molecule has 1 aliphatic heterocycles. The standard InChI is InChI=1S/C20H27N5OS.HI/c1-14-18(27-15(2)24-14)13-23-20(21-3)22-11-6-9-19(26)25-12-10-16-7-4-5-8-17(16)25;/h4-5,7-8H,6,9-13H2,1-3H3,(H2,21,22,23);1H. The first kappa shape index (κ1) is 22.6. The number of nitrogens with one attached hydrogen (secondary N) is 2. The molecule has 3 rings (SSSR count). The summed E-state index contributed by atoms with van der Waals surface area (Å²) in [5.41, 5.74) is 3.40. The van der Waals surface area contributed by atoms with Crippen LogP contribution in [0.3, 0.4) is 0 Å². The van der Waals surface area contributed by atoms with Gasteiger partial charge in [-0.05, 0) is 38.3 Å². The molecule has 0 aliphatic carbocycles. The van der Waals surface area contributed by atoms with Gasteiger partial charge < -0.3 is 15.5 Å². The van der Waals surface area contributed by atoms with Crippen LogP contribution < -0.4 is 15.5 Å². The van der Waals surface area contributed by atoms with E-state index in [1.807, 2.05) is 36.9 Å². The summed E-state index contributed by atoms with van der Waals surface area (Å²) in [6.45, 7) is 6.26. The number of hydrogen-bond acceptors (Lipinski definition) is 4. The van der Waals surface area contributed by atoms with E-state index in [9.17, 15) is 4.79 Å². The van der Waals surface area contributed by atoms with Crippen molar-refractivity contribution in [2.45, 2.75) is 39.7 Å². The number of nitrogens with zero attached hydrogens (tertiary/aromatic N) is 3. The number of para-hydroxylation sites is 1. The van der Waals surface area contributed by atoms with Gasteiger partial charge in [0.05, 0.1) is 17.2 Å². The number of guanidine groups is 1. The lowest BCUT2D eigenvalue weighted by atomic mass is 10.2. The maximum absolute atomic E-state index is 12.5. The third-order valence-electron chi connectivity index (χ3n) is 4.69. The molecule has 2 aromatic rings. The van der Waals surface area contributed by atoms with Gasteiger partial charge in [-0.25, -0.2) is 4.98 Å². The van der Waals surface area contributed by atoms with Gasteiger partial charge in [-0.15, -0.1) is 35.3 Å². The highest BCUT2D eigenvalue weighted by molar-refractivity contribution is 14.0. The molecule has 2 N–H and O–H groups in total. The topological polar surface area (TPSA) is 69.6 Å². The lowest BCUT2D eigenvalue weighted by Crippen LogP contribution is -2.37. The average Bonchev–Trinajstić information content (AvgIpc) is 3.23. The van der Waals surface area contributed by atoms with Gasteiger partial charge in [0.2, 0.25) is 5.91 Å². The van der Waals surface area contributed by atoms with Crippen molar-refractivity contribution in [2.75, 3.05) is 25.0 Å². The van der Waals surface area contributed by atoms with Crippen LogP contribution in [-0.4, -0.2) is 37.0 Å². The van der Waals surface area contributed by atoms with E-state index in [0.717, 1.165) is 41.7 Å². The summed E-state index contributed by atoms with van der Waals surface area (Å²) in [5.74, 6) is 0.944. The molecule has 0 fully saturated rings. The van der Waals surface area contributed by atoms with Crippen molar-refractivity contribution >= 4 is 52.9 Å². The van der Waals surface area contributed by atoms with E-state index in [1.165, 1.54) is 10.4 Å². The summed E-state index contributed by atoms with van der Waals surface area (Å²) in [6.07, 6.45) is 2.26. The first-order valence-corrected chi connectivity index (χ1v) is 10.2. The zero-order chi connectivity index (χ0) is 19.2. The smallest absolute Gasteiger partial charge is 0.227 e. The quantitative estimate of drug-likeness (QED) is 0.269. The van der Waals surface area contributed by atoms with E-state index >= 15 is 0 Å². The molecule has 0 bridgehead atoms. The second-order valence-corrected chi connectivity index (χ2v) is 7.91. The fourth-order valence-corrected chi connectivity index (χ4v) is 4.18. The number of aromatic nitrogens is 1. The minimum atomic E-state index is 0. The van der Waals surface area contributed by atoms with E-state index in [0.29, 0.717) is 19.5 Å². The minimum absolute atomic E-state index is 0. The van der Waals surface area contributed by atoms with Crippen molar-refractivity contribution in [1.29, 1.82) is 0 Å². The van der Waals surface area contributed by atoms with Gasteiger partial charge in [-0.3, -0.25) is 9.79 Å². The van der Waals surface area contributed by atoms with Gasteiger partial charge in [0, 0.05) is 37.1 Å². The second kappa shape index (κ2) is 10.8. The molecular weight excluding hydrogens is 485 g/mol. The van der Waals surface area contributed by atoms with Crippen LogP contribution in [0.4, 0.5) is 5.69 Å². The number of hydrogen-bond donors (Lipinski definition) is 2. The Hall–Kier alpha value is -1.68. The number of thiazole rings is 1. The lowest BCUT2D eigenvalue weighted by molar-refractivity contribution is -0.118. The molecule has 152 valence electrons. The first-order chi connectivity index (χ1) is 13.1. The highest BCUT2D eigenvalue weighted by Crippen LogP contribution is 2.27. The number of aryl methyl sites for hydroxylation is 2. The highest BCUT2D eigenvalue weighted by atomic mass is 127. The summed E-state index contributed by atoms with van der Waals surface area (Å²) in [4.78, 5) is 24.3. The van der Waals surface area contributed by atoms with Crippen molar-refractivity contribution in [2.24, 2.45) is 4.99 Å². The number of aliphatic imine (C=N–C) groups is 1. The summed E-state index contributed by atoms with van der Waals surface area (Å²) in [5, 5.41) is 7.67. The van der Waals surface area contributed by atoms with Crippen LogP contribution >= 0.6 is 35.3 Å². The van der Waals surface area contributed by atoms with Crippen LogP contribution in [0, 0.1) is 13.8 Å². The predicted octanol–water partition coefficient (Wildman–Crippen LogP) is 3.41. The van der Waals surface area contributed by atoms with E-state index in [2.05, 4.69) is 26.7 Å². The highest BCUT2D eigenvalue weighted by Gasteiger charge is 2.23. The van der Waals surface area contributed by atoms with Crippen molar-refractivity contribution in [3.8, 4) is 0 Å². The van der Waals surface area contributed by atoms with E-state index in [1.54, 1.807) is 18.4 Å². The Morgan fingerprint density at radius 2 is 2.07 bits per heavy atom. The molecular formula is C20H28IN5OS. The van der Waals surface area contributed by atoms with Crippen molar-refractivity contribution in [3.63, 3.8) is 0 Å². The Labute approximate surface area is 187 Å². The zero-order valence-electron chi connectivity index (χ0n) is 16.6. The number of anilines is 1. The maximum Gasteiger partial charge on any atom is 0.227 e. The largest absolute Gasteiger partial charge is 0.356 e. The predicted molar refractivity (Wildman–Crippen MR) is 127 cm³/mol. The van der Waals surface area contributed by atoms with Crippen LogP contribution in [0.15, 0.2) is 29.3 Å². The van der Waals surface area contributed by atoms with Crippen molar-refractivity contribution in [1.82, 2.24) is 15.6 Å². The maximum atomic E-state index is 12.5. The molecule has 1 amide bonds. The normalized spacial score (nSPS) is 13.1. The third-order valence-corrected chi connectivity index (χ3v) is 5.76. The van der Waals surface area contributed by atoms with Gasteiger partial charge in [0.25, 0.3) is 0 Å². The second-order valence-electron chi connectivity index (χ2n) is 6.62. The Kier molecular flexibility index (Phi) is 8.68. The van der Waals surface area contributed by atoms with Crippen LogP contribution in [-0.2, 0) is 17.8 Å². The molecule has 1 aromatic carbocycles. The number of carbonyl (C=O) groups is 1. The number of rotatable bonds is 6. The molecule has 1 aromatic heterocycles. The molecule has 0 radical (unpaired) electrons. The number of halogens is 1. The van der Waals surface area contributed by atoms with Crippen LogP contribution in [0.25, 0.3) is 0 Å². The fraction of sp³-hybridized carbons (Fsp3) is 0.450. The van der Waals surface area contributed by atoms with E-state index < -0.39 is 0 Å². The molecule has 1 aliphatic rings. The number of carbonyl (C=O) groups excluding carboxylic acids is 1. The summed E-state index contributed by atoms with van der Waals surface area (Å²) < 4.78 is 0. The zero-order valence-corrected chi connectivity index (χ0v) is 19.8. The molecule has 0 saturated carbocycles. The molecule has 28 heavy (non-hydrogen) atoms. The van der Waals surface area contributed by atoms with Crippen molar-refractivity contribution in [3.05, 3.63) is 45.4 Å². The van der Waals surface area contributed by atoms with Gasteiger partial charge in [-0.1, -0.05) is 18.2 Å².